The number of hydrogen-bond acceptors (Lipinski definition) is 4. The number of rotatable bonds is 7. The van der Waals surface area contributed by atoms with Crippen LogP contribution in [0, 0.1) is 0 Å². The van der Waals surface area contributed by atoms with Crippen molar-refractivity contribution in [1.82, 2.24) is 9.73 Å². The predicted octanol–water partition coefficient (Wildman–Crippen LogP) is 5.65. The summed E-state index contributed by atoms with van der Waals surface area (Å²) < 4.78 is 27.8. The normalized spacial score (nSPS) is 16.3. The van der Waals surface area contributed by atoms with Crippen LogP contribution >= 0.6 is 0 Å². The first-order valence-corrected chi connectivity index (χ1v) is 13.9. The zero-order valence-corrected chi connectivity index (χ0v) is 20.8. The molecule has 0 saturated heterocycles. The summed E-state index contributed by atoms with van der Waals surface area (Å²) in [4.78, 5) is 13.0. The molecule has 0 heterocycles. The van der Waals surface area contributed by atoms with E-state index in [4.69, 9.17) is 0 Å². The van der Waals surface area contributed by atoms with Gasteiger partial charge in [0.05, 0.1) is 11.4 Å². The Morgan fingerprint density at radius 3 is 1.82 bits per heavy atom. The Bertz CT molecular complexity index is 994. The molecule has 3 rings (SSSR count). The molecule has 0 aliphatic heterocycles. The van der Waals surface area contributed by atoms with Crippen molar-refractivity contribution in [2.75, 3.05) is 6.54 Å². The Morgan fingerprint density at radius 2 is 1.26 bits per heavy atom. The first-order chi connectivity index (χ1) is 16.6. The number of hydrogen-bond donors (Lipinski definition) is 1. The maximum absolute atomic E-state index is 13.3. The fraction of sp³-hybridized carbons (Fsp3) is 0.481. The maximum Gasteiger partial charge on any atom is 0.255 e. The van der Waals surface area contributed by atoms with Gasteiger partial charge in [0, 0.05) is 12.3 Å². The molecule has 1 amide bonds. The molecule has 0 spiro atoms. The molecule has 1 N–H and O–H groups in total. The van der Waals surface area contributed by atoms with Crippen LogP contribution in [-0.4, -0.2) is 30.9 Å². The van der Waals surface area contributed by atoms with Crippen molar-refractivity contribution < 1.29 is 13.2 Å². The smallest absolute Gasteiger partial charge is 0.255 e. The van der Waals surface area contributed by atoms with Crippen LogP contribution in [0.5, 0.6) is 0 Å². The van der Waals surface area contributed by atoms with Gasteiger partial charge in [-0.3, -0.25) is 4.79 Å². The van der Waals surface area contributed by atoms with Crippen LogP contribution < -0.4 is 5.43 Å². The average Bonchev–Trinajstić information content (AvgIpc) is 2.84. The van der Waals surface area contributed by atoms with Gasteiger partial charge in [0.25, 0.3) is 5.91 Å². The number of amides is 1. The summed E-state index contributed by atoms with van der Waals surface area (Å²) in [6, 6.07) is 17.6. The Labute approximate surface area is 204 Å². The third-order valence-electron chi connectivity index (χ3n) is 6.17. The maximum atomic E-state index is 13.3. The largest absolute Gasteiger partial charge is 0.272 e. The minimum Gasteiger partial charge on any atom is -0.272 e. The van der Waals surface area contributed by atoms with Crippen LogP contribution in [0.15, 0.2) is 70.7 Å². The van der Waals surface area contributed by atoms with E-state index in [0.29, 0.717) is 0 Å². The van der Waals surface area contributed by atoms with Crippen molar-refractivity contribution in [1.29, 1.82) is 0 Å². The highest BCUT2D eigenvalue weighted by molar-refractivity contribution is 7.89. The van der Waals surface area contributed by atoms with E-state index in [-0.39, 0.29) is 18.0 Å². The molecule has 1 fully saturated rings. The van der Waals surface area contributed by atoms with E-state index in [1.54, 1.807) is 30.3 Å². The topological polar surface area (TPSA) is 78.8 Å². The lowest BCUT2D eigenvalue weighted by Crippen LogP contribution is -2.39. The van der Waals surface area contributed by atoms with Crippen LogP contribution in [0.25, 0.3) is 0 Å². The van der Waals surface area contributed by atoms with Crippen molar-refractivity contribution in [3.63, 3.8) is 0 Å². The van der Waals surface area contributed by atoms with Gasteiger partial charge in [-0.1, -0.05) is 93.5 Å². The average molecular weight is 484 g/mol. The van der Waals surface area contributed by atoms with E-state index in [1.165, 1.54) is 49.3 Å². The van der Waals surface area contributed by atoms with E-state index in [9.17, 15) is 13.2 Å². The highest BCUT2D eigenvalue weighted by Crippen LogP contribution is 2.18. The molecule has 1 aliphatic rings. The van der Waals surface area contributed by atoms with Gasteiger partial charge < -0.3 is 0 Å². The van der Waals surface area contributed by atoms with Crippen LogP contribution in [0.1, 0.15) is 76.2 Å². The molecule has 6 nitrogen and oxygen atoms in total. The van der Waals surface area contributed by atoms with E-state index in [0.717, 1.165) is 37.0 Å². The fourth-order valence-corrected chi connectivity index (χ4v) is 5.63. The molecular weight excluding hydrogens is 446 g/mol. The second kappa shape index (κ2) is 14.0. The summed E-state index contributed by atoms with van der Waals surface area (Å²) in [5.41, 5.74) is 4.48. The molecule has 0 atom stereocenters. The lowest BCUT2D eigenvalue weighted by atomic mass is 10.00. The van der Waals surface area contributed by atoms with Crippen molar-refractivity contribution in [2.24, 2.45) is 5.10 Å². The molecule has 1 aliphatic carbocycles. The summed E-state index contributed by atoms with van der Waals surface area (Å²) in [5.74, 6) is -0.422. The van der Waals surface area contributed by atoms with Crippen molar-refractivity contribution in [3.8, 4) is 0 Å². The monoisotopic (exact) mass is 483 g/mol. The number of sulfonamides is 1. The summed E-state index contributed by atoms with van der Waals surface area (Å²) in [5, 5.41) is 4.42. The number of carbonyl (C=O) groups excluding carboxylic acids is 1. The zero-order valence-electron chi connectivity index (χ0n) is 20.0. The number of nitrogens with one attached hydrogen (secondary N) is 1. The van der Waals surface area contributed by atoms with Gasteiger partial charge in [-0.05, 0) is 43.4 Å². The van der Waals surface area contributed by atoms with Crippen molar-refractivity contribution in [3.05, 3.63) is 66.2 Å². The second-order valence-electron chi connectivity index (χ2n) is 8.97. The molecule has 0 aromatic heterocycles. The second-order valence-corrected chi connectivity index (χ2v) is 10.9. The van der Waals surface area contributed by atoms with Gasteiger partial charge in [0.15, 0.2) is 0 Å². The Kier molecular flexibility index (Phi) is 10.8. The Hall–Kier alpha value is -2.51. The molecular formula is C27H37N3O3S. The van der Waals surface area contributed by atoms with Crippen LogP contribution in [0.2, 0.25) is 0 Å². The lowest BCUT2D eigenvalue weighted by molar-refractivity contribution is -0.121. The number of benzene rings is 2. The highest BCUT2D eigenvalue weighted by atomic mass is 32.2. The van der Waals surface area contributed by atoms with E-state index >= 15 is 0 Å². The predicted molar refractivity (Wildman–Crippen MR) is 137 cm³/mol. The van der Waals surface area contributed by atoms with Crippen molar-refractivity contribution in [2.45, 2.75) is 82.1 Å². The molecule has 7 heteroatoms. The molecule has 0 unspecified atom stereocenters. The summed E-state index contributed by atoms with van der Waals surface area (Å²) >= 11 is 0. The minimum atomic E-state index is -3.84. The van der Waals surface area contributed by atoms with Crippen LogP contribution in [0.3, 0.4) is 0 Å². The standard InChI is InChI=1S/C27H37N3O3S/c31-27(29-28-25-18-12-6-4-2-1-3-5-7-13-19-25)23-30(22-24-16-10-8-11-17-24)34(32,33)26-20-14-9-15-21-26/h8-11,14-17,20-21H,1-7,12-13,18-19,22-23H2,(H,29,31). The Morgan fingerprint density at radius 1 is 0.765 bits per heavy atom. The van der Waals surface area contributed by atoms with Gasteiger partial charge in [-0.2, -0.15) is 9.41 Å². The third-order valence-corrected chi connectivity index (χ3v) is 7.98. The zero-order chi connectivity index (χ0) is 24.1. The minimum absolute atomic E-state index is 0.113. The molecule has 2 aromatic carbocycles. The van der Waals surface area contributed by atoms with E-state index < -0.39 is 15.9 Å². The summed E-state index contributed by atoms with van der Waals surface area (Å²) in [6.07, 6.45) is 12.8. The summed E-state index contributed by atoms with van der Waals surface area (Å²) in [7, 11) is -3.84. The quantitative estimate of drug-likeness (QED) is 0.517. The summed E-state index contributed by atoms with van der Waals surface area (Å²) in [6.45, 7) is -0.176. The number of hydrazone groups is 1. The van der Waals surface area contributed by atoms with Crippen LogP contribution in [0.4, 0.5) is 0 Å². The third kappa shape index (κ3) is 8.69. The van der Waals surface area contributed by atoms with E-state index in [2.05, 4.69) is 10.5 Å². The van der Waals surface area contributed by atoms with Gasteiger partial charge in [0.2, 0.25) is 10.0 Å². The SMILES string of the molecule is O=C(CN(Cc1ccccc1)S(=O)(=O)c1ccccc1)NN=C1CCCCCCCCCCC1. The number of nitrogens with zero attached hydrogens (tertiary/aromatic N) is 2. The first-order valence-electron chi connectivity index (χ1n) is 12.5. The highest BCUT2D eigenvalue weighted by Gasteiger charge is 2.26. The molecule has 1 saturated carbocycles. The molecule has 34 heavy (non-hydrogen) atoms. The first kappa shape index (κ1) is 26.1. The molecule has 2 aromatic rings. The van der Waals surface area contributed by atoms with Gasteiger partial charge in [-0.15, -0.1) is 0 Å². The lowest BCUT2D eigenvalue weighted by Gasteiger charge is -2.21. The molecule has 0 bridgehead atoms. The Balaban J connectivity index is 1.68. The van der Waals surface area contributed by atoms with Gasteiger partial charge >= 0.3 is 0 Å². The fourth-order valence-electron chi connectivity index (χ4n) is 4.22. The van der Waals surface area contributed by atoms with Crippen LogP contribution in [-0.2, 0) is 21.4 Å². The van der Waals surface area contributed by atoms with Gasteiger partial charge in [-0.25, -0.2) is 13.8 Å². The molecule has 0 radical (unpaired) electrons. The van der Waals surface area contributed by atoms with Gasteiger partial charge in [0.1, 0.15) is 0 Å². The van der Waals surface area contributed by atoms with Crippen molar-refractivity contribution >= 4 is 21.6 Å². The molecule has 184 valence electrons. The van der Waals surface area contributed by atoms with E-state index in [1.807, 2.05) is 30.3 Å². The number of carbonyl (C=O) groups is 1.